The molecule has 0 aliphatic rings. The molecule has 2 aromatic rings. The number of anilines is 1. The zero-order chi connectivity index (χ0) is 14.7. The van der Waals surface area contributed by atoms with E-state index in [1.165, 1.54) is 5.56 Å². The van der Waals surface area contributed by atoms with E-state index in [-0.39, 0.29) is 5.78 Å². The van der Waals surface area contributed by atoms with Crippen molar-refractivity contribution in [2.75, 3.05) is 5.73 Å². The van der Waals surface area contributed by atoms with Crippen molar-refractivity contribution in [1.82, 2.24) is 0 Å². The predicted octanol–water partition coefficient (Wildman–Crippen LogP) is 4.39. The average Bonchev–Trinajstić information content (AvgIpc) is 2.44. The summed E-state index contributed by atoms with van der Waals surface area (Å²) in [5, 5.41) is 0. The van der Waals surface area contributed by atoms with Crippen molar-refractivity contribution in [3.05, 3.63) is 63.1 Å². The maximum absolute atomic E-state index is 12.7. The smallest absolute Gasteiger partial charge is 0.193 e. The zero-order valence-electron chi connectivity index (χ0n) is 11.7. The van der Waals surface area contributed by atoms with Gasteiger partial charge in [-0.2, -0.15) is 0 Å². The number of hydrogen-bond donors (Lipinski definition) is 1. The lowest BCUT2D eigenvalue weighted by molar-refractivity contribution is 0.103. The Morgan fingerprint density at radius 1 is 1.10 bits per heavy atom. The van der Waals surface area contributed by atoms with Gasteiger partial charge in [-0.05, 0) is 48.2 Å². The minimum absolute atomic E-state index is 0.0325. The molecule has 104 valence electrons. The first kappa shape index (κ1) is 14.8. The molecule has 0 saturated heterocycles. The maximum Gasteiger partial charge on any atom is 0.193 e. The van der Waals surface area contributed by atoms with Gasteiger partial charge in [-0.25, -0.2) is 0 Å². The van der Waals surface area contributed by atoms with Crippen molar-refractivity contribution in [3.8, 4) is 0 Å². The first-order valence-corrected chi connectivity index (χ1v) is 7.57. The molecule has 0 saturated carbocycles. The van der Waals surface area contributed by atoms with Crippen LogP contribution in [0.4, 0.5) is 5.69 Å². The molecule has 3 heteroatoms. The molecule has 2 N–H and O–H groups in total. The van der Waals surface area contributed by atoms with Gasteiger partial charge in [0.05, 0.1) is 0 Å². The van der Waals surface area contributed by atoms with Crippen molar-refractivity contribution in [3.63, 3.8) is 0 Å². The molecule has 2 rings (SSSR count). The number of ketones is 1. The fourth-order valence-corrected chi connectivity index (χ4v) is 2.77. The Morgan fingerprint density at radius 3 is 2.45 bits per heavy atom. The van der Waals surface area contributed by atoms with Crippen LogP contribution in [0.15, 0.2) is 40.9 Å². The largest absolute Gasteiger partial charge is 0.399 e. The molecule has 2 nitrogen and oxygen atoms in total. The summed E-state index contributed by atoms with van der Waals surface area (Å²) in [6.45, 7) is 4.15. The van der Waals surface area contributed by atoms with Gasteiger partial charge in [0.25, 0.3) is 0 Å². The first-order chi connectivity index (χ1) is 9.55. The zero-order valence-corrected chi connectivity index (χ0v) is 13.3. The number of hydrogen-bond acceptors (Lipinski definition) is 2. The number of nitrogen functional groups attached to an aromatic ring is 1. The molecule has 20 heavy (non-hydrogen) atoms. The van der Waals surface area contributed by atoms with E-state index in [4.69, 9.17) is 5.73 Å². The minimum Gasteiger partial charge on any atom is -0.399 e. The second-order valence-corrected chi connectivity index (χ2v) is 5.72. The van der Waals surface area contributed by atoms with E-state index in [2.05, 4.69) is 35.8 Å². The second-order valence-electron chi connectivity index (χ2n) is 4.80. The predicted molar refractivity (Wildman–Crippen MR) is 87.2 cm³/mol. The Labute approximate surface area is 128 Å². The first-order valence-electron chi connectivity index (χ1n) is 6.77. The van der Waals surface area contributed by atoms with Gasteiger partial charge in [0.1, 0.15) is 0 Å². The van der Waals surface area contributed by atoms with Gasteiger partial charge in [0, 0.05) is 21.3 Å². The Kier molecular flexibility index (Phi) is 4.61. The average molecular weight is 332 g/mol. The van der Waals surface area contributed by atoms with Gasteiger partial charge in [0.15, 0.2) is 5.78 Å². The molecular formula is C17H18BrNO. The lowest BCUT2D eigenvalue weighted by Gasteiger charge is -2.10. The molecule has 0 spiro atoms. The third-order valence-corrected chi connectivity index (χ3v) is 3.85. The van der Waals surface area contributed by atoms with Crippen LogP contribution in [0, 0.1) is 0 Å². The number of halogens is 1. The molecular weight excluding hydrogens is 314 g/mol. The Morgan fingerprint density at radius 2 is 1.85 bits per heavy atom. The van der Waals surface area contributed by atoms with Crippen LogP contribution in [0.1, 0.15) is 40.9 Å². The summed E-state index contributed by atoms with van der Waals surface area (Å²) >= 11 is 3.39. The number of aryl methyl sites for hydroxylation is 2. The Hall–Kier alpha value is -1.61. The van der Waals surface area contributed by atoms with Crippen molar-refractivity contribution >= 4 is 27.4 Å². The molecule has 0 amide bonds. The normalized spacial score (nSPS) is 10.6. The van der Waals surface area contributed by atoms with Gasteiger partial charge in [-0.15, -0.1) is 0 Å². The number of nitrogens with two attached hydrogens (primary N) is 1. The van der Waals surface area contributed by atoms with Gasteiger partial charge >= 0.3 is 0 Å². The van der Waals surface area contributed by atoms with Crippen LogP contribution in [-0.4, -0.2) is 5.78 Å². The topological polar surface area (TPSA) is 43.1 Å². The molecule has 0 atom stereocenters. The van der Waals surface area contributed by atoms with E-state index >= 15 is 0 Å². The monoisotopic (exact) mass is 331 g/mol. The Balaban J connectivity index is 2.51. The van der Waals surface area contributed by atoms with Gasteiger partial charge in [-0.1, -0.05) is 41.9 Å². The SMILES string of the molecule is CCc1ccc(CC)c(C(=O)c2cc(N)cc(Br)c2)c1. The highest BCUT2D eigenvalue weighted by Gasteiger charge is 2.14. The van der Waals surface area contributed by atoms with E-state index in [1.807, 2.05) is 18.2 Å². The van der Waals surface area contributed by atoms with Gasteiger partial charge in [-0.3, -0.25) is 4.79 Å². The summed E-state index contributed by atoms with van der Waals surface area (Å²) in [5.41, 5.74) is 10.1. The van der Waals surface area contributed by atoms with E-state index < -0.39 is 0 Å². The van der Waals surface area contributed by atoms with Gasteiger partial charge < -0.3 is 5.73 Å². The van der Waals surface area contributed by atoms with Crippen LogP contribution in [0.3, 0.4) is 0 Å². The molecule has 0 aromatic heterocycles. The quantitative estimate of drug-likeness (QED) is 0.667. The second kappa shape index (κ2) is 6.23. The molecule has 2 aromatic carbocycles. The van der Waals surface area contributed by atoms with E-state index in [0.29, 0.717) is 11.3 Å². The van der Waals surface area contributed by atoms with Crippen molar-refractivity contribution in [2.24, 2.45) is 0 Å². The molecule has 0 aliphatic heterocycles. The summed E-state index contributed by atoms with van der Waals surface area (Å²) in [5.74, 6) is 0.0325. The van der Waals surface area contributed by atoms with Crippen LogP contribution >= 0.6 is 15.9 Å². The van der Waals surface area contributed by atoms with E-state index in [0.717, 1.165) is 28.4 Å². The number of carbonyl (C=O) groups is 1. The highest BCUT2D eigenvalue weighted by atomic mass is 79.9. The summed E-state index contributed by atoms with van der Waals surface area (Å²) in [4.78, 5) is 12.7. The highest BCUT2D eigenvalue weighted by molar-refractivity contribution is 9.10. The summed E-state index contributed by atoms with van der Waals surface area (Å²) < 4.78 is 0.825. The van der Waals surface area contributed by atoms with Crippen molar-refractivity contribution in [1.29, 1.82) is 0 Å². The molecule has 0 bridgehead atoms. The molecule has 0 aliphatic carbocycles. The molecule has 0 unspecified atom stereocenters. The molecule has 0 radical (unpaired) electrons. The number of benzene rings is 2. The third-order valence-electron chi connectivity index (χ3n) is 3.39. The fraction of sp³-hybridized carbons (Fsp3) is 0.235. The molecule has 0 heterocycles. The van der Waals surface area contributed by atoms with E-state index in [1.54, 1.807) is 12.1 Å². The van der Waals surface area contributed by atoms with Gasteiger partial charge in [0.2, 0.25) is 0 Å². The highest BCUT2D eigenvalue weighted by Crippen LogP contribution is 2.22. The molecule has 0 fully saturated rings. The van der Waals surface area contributed by atoms with Crippen LogP contribution in [-0.2, 0) is 12.8 Å². The van der Waals surface area contributed by atoms with Crippen LogP contribution in [0.5, 0.6) is 0 Å². The third kappa shape index (κ3) is 3.10. The van der Waals surface area contributed by atoms with Crippen LogP contribution in [0.25, 0.3) is 0 Å². The summed E-state index contributed by atoms with van der Waals surface area (Å²) in [7, 11) is 0. The number of carbonyl (C=O) groups excluding carboxylic acids is 1. The van der Waals surface area contributed by atoms with Crippen molar-refractivity contribution in [2.45, 2.75) is 26.7 Å². The van der Waals surface area contributed by atoms with E-state index in [9.17, 15) is 4.79 Å². The number of rotatable bonds is 4. The fourth-order valence-electron chi connectivity index (χ4n) is 2.26. The summed E-state index contributed by atoms with van der Waals surface area (Å²) in [6, 6.07) is 11.5. The van der Waals surface area contributed by atoms with Crippen LogP contribution < -0.4 is 5.73 Å². The maximum atomic E-state index is 12.7. The van der Waals surface area contributed by atoms with Crippen molar-refractivity contribution < 1.29 is 4.79 Å². The lowest BCUT2D eigenvalue weighted by atomic mass is 9.94. The Bertz CT molecular complexity index is 629. The lowest BCUT2D eigenvalue weighted by Crippen LogP contribution is -2.07. The van der Waals surface area contributed by atoms with Crippen LogP contribution in [0.2, 0.25) is 0 Å². The summed E-state index contributed by atoms with van der Waals surface area (Å²) in [6.07, 6.45) is 1.76. The standard InChI is InChI=1S/C17H18BrNO/c1-3-11-5-6-12(4-2)16(7-11)17(20)13-8-14(18)10-15(19)9-13/h5-10H,3-4,19H2,1-2H3. The minimum atomic E-state index is 0.0325.